The van der Waals surface area contributed by atoms with Crippen LogP contribution in [0.5, 0.6) is 0 Å². The molecular formula is C12H27N. The first-order chi connectivity index (χ1) is 6.11. The van der Waals surface area contributed by atoms with E-state index < -0.39 is 0 Å². The van der Waals surface area contributed by atoms with Crippen molar-refractivity contribution in [3.8, 4) is 0 Å². The Balaban J connectivity index is 3.79. The molecule has 0 heterocycles. The van der Waals surface area contributed by atoms with Crippen LogP contribution in [0.2, 0.25) is 0 Å². The summed E-state index contributed by atoms with van der Waals surface area (Å²) in [7, 11) is 0. The zero-order valence-electron chi connectivity index (χ0n) is 10.1. The van der Waals surface area contributed by atoms with E-state index in [0.717, 1.165) is 12.0 Å². The molecule has 0 N–H and O–H groups in total. The molecule has 0 aromatic heterocycles. The van der Waals surface area contributed by atoms with Crippen LogP contribution in [-0.2, 0) is 0 Å². The van der Waals surface area contributed by atoms with Gasteiger partial charge in [-0.1, -0.05) is 27.7 Å². The van der Waals surface area contributed by atoms with Crippen molar-refractivity contribution in [2.75, 3.05) is 13.1 Å². The second-order valence-electron chi connectivity index (χ2n) is 4.48. The Morgan fingerprint density at radius 3 is 2.00 bits per heavy atom. The number of rotatable bonds is 7. The lowest BCUT2D eigenvalue weighted by Crippen LogP contribution is -2.34. The molecule has 1 heteroatoms. The van der Waals surface area contributed by atoms with Crippen molar-refractivity contribution in [3.63, 3.8) is 0 Å². The molecule has 1 nitrogen and oxygen atoms in total. The third-order valence-electron chi connectivity index (χ3n) is 2.72. The van der Waals surface area contributed by atoms with Crippen LogP contribution in [0, 0.1) is 5.92 Å². The molecule has 0 aliphatic rings. The van der Waals surface area contributed by atoms with Crippen LogP contribution in [0.1, 0.15) is 53.9 Å². The summed E-state index contributed by atoms with van der Waals surface area (Å²) < 4.78 is 0. The molecule has 0 amide bonds. The summed E-state index contributed by atoms with van der Waals surface area (Å²) in [6, 6.07) is 0.763. The van der Waals surface area contributed by atoms with E-state index in [0.29, 0.717) is 0 Å². The Labute approximate surface area is 84.5 Å². The minimum absolute atomic E-state index is 0.763. The summed E-state index contributed by atoms with van der Waals surface area (Å²) in [5.74, 6) is 0.836. The fourth-order valence-corrected chi connectivity index (χ4v) is 1.52. The first-order valence-corrected chi connectivity index (χ1v) is 5.85. The summed E-state index contributed by atoms with van der Waals surface area (Å²) in [5.41, 5.74) is 0. The average Bonchev–Trinajstić information content (AvgIpc) is 2.10. The first kappa shape index (κ1) is 13.0. The minimum atomic E-state index is 0.763. The molecule has 0 aliphatic carbocycles. The van der Waals surface area contributed by atoms with Gasteiger partial charge in [-0.05, 0) is 45.2 Å². The van der Waals surface area contributed by atoms with E-state index in [4.69, 9.17) is 0 Å². The van der Waals surface area contributed by atoms with Crippen LogP contribution in [0.25, 0.3) is 0 Å². The molecule has 0 aromatic carbocycles. The largest absolute Gasteiger partial charge is 0.301 e. The fourth-order valence-electron chi connectivity index (χ4n) is 1.52. The van der Waals surface area contributed by atoms with Crippen molar-refractivity contribution < 1.29 is 0 Å². The predicted molar refractivity (Wildman–Crippen MR) is 61.1 cm³/mol. The Bertz CT molecular complexity index is 110. The normalized spacial score (nSPS) is 14.1. The second kappa shape index (κ2) is 7.37. The van der Waals surface area contributed by atoms with Gasteiger partial charge in [0.1, 0.15) is 0 Å². The quantitative estimate of drug-likeness (QED) is 0.586. The lowest BCUT2D eigenvalue weighted by atomic mass is 10.1. The minimum Gasteiger partial charge on any atom is -0.301 e. The zero-order chi connectivity index (χ0) is 10.3. The molecule has 0 fully saturated rings. The van der Waals surface area contributed by atoms with Gasteiger partial charge in [0.25, 0.3) is 0 Å². The molecule has 13 heavy (non-hydrogen) atoms. The van der Waals surface area contributed by atoms with Crippen molar-refractivity contribution in [2.24, 2.45) is 5.92 Å². The van der Waals surface area contributed by atoms with Crippen LogP contribution in [0.4, 0.5) is 0 Å². The Morgan fingerprint density at radius 2 is 1.62 bits per heavy atom. The summed E-state index contributed by atoms with van der Waals surface area (Å²) in [5, 5.41) is 0. The van der Waals surface area contributed by atoms with Gasteiger partial charge >= 0.3 is 0 Å². The zero-order valence-corrected chi connectivity index (χ0v) is 10.1. The summed E-state index contributed by atoms with van der Waals surface area (Å²) in [4.78, 5) is 2.62. The average molecular weight is 185 g/mol. The van der Waals surface area contributed by atoms with Crippen LogP contribution in [0.15, 0.2) is 0 Å². The molecule has 0 aliphatic heterocycles. The van der Waals surface area contributed by atoms with Gasteiger partial charge in [0, 0.05) is 6.04 Å². The highest BCUT2D eigenvalue weighted by atomic mass is 15.1. The maximum Gasteiger partial charge on any atom is 0.00643 e. The van der Waals surface area contributed by atoms with Gasteiger partial charge in [-0.25, -0.2) is 0 Å². The smallest absolute Gasteiger partial charge is 0.00643 e. The van der Waals surface area contributed by atoms with E-state index in [1.165, 1.54) is 32.4 Å². The lowest BCUT2D eigenvalue weighted by molar-refractivity contribution is 0.193. The van der Waals surface area contributed by atoms with Crippen LogP contribution >= 0.6 is 0 Å². The highest BCUT2D eigenvalue weighted by Crippen LogP contribution is 2.08. The van der Waals surface area contributed by atoms with Crippen molar-refractivity contribution in [3.05, 3.63) is 0 Å². The van der Waals surface area contributed by atoms with E-state index in [9.17, 15) is 0 Å². The van der Waals surface area contributed by atoms with Crippen molar-refractivity contribution in [1.29, 1.82) is 0 Å². The highest BCUT2D eigenvalue weighted by Gasteiger charge is 2.10. The van der Waals surface area contributed by atoms with Gasteiger partial charge in [-0.15, -0.1) is 0 Å². The van der Waals surface area contributed by atoms with E-state index >= 15 is 0 Å². The Kier molecular flexibility index (Phi) is 7.35. The highest BCUT2D eigenvalue weighted by molar-refractivity contribution is 4.65. The van der Waals surface area contributed by atoms with E-state index in [1.54, 1.807) is 0 Å². The molecule has 0 saturated carbocycles. The fraction of sp³-hybridized carbons (Fsp3) is 1.00. The third-order valence-corrected chi connectivity index (χ3v) is 2.72. The van der Waals surface area contributed by atoms with Crippen LogP contribution in [-0.4, -0.2) is 24.0 Å². The van der Waals surface area contributed by atoms with E-state index in [2.05, 4.69) is 39.5 Å². The molecule has 1 atom stereocenters. The van der Waals surface area contributed by atoms with E-state index in [1.807, 2.05) is 0 Å². The van der Waals surface area contributed by atoms with Gasteiger partial charge in [0.2, 0.25) is 0 Å². The van der Waals surface area contributed by atoms with Gasteiger partial charge in [0.15, 0.2) is 0 Å². The molecule has 0 radical (unpaired) electrons. The molecule has 80 valence electrons. The third kappa shape index (κ3) is 6.09. The molecule has 0 bridgehead atoms. The monoisotopic (exact) mass is 185 g/mol. The maximum absolute atomic E-state index is 2.62. The Hall–Kier alpha value is -0.0400. The van der Waals surface area contributed by atoms with Gasteiger partial charge in [-0.2, -0.15) is 0 Å². The van der Waals surface area contributed by atoms with E-state index in [-0.39, 0.29) is 0 Å². The van der Waals surface area contributed by atoms with Gasteiger partial charge in [-0.3, -0.25) is 0 Å². The Morgan fingerprint density at radius 1 is 1.00 bits per heavy atom. The molecule has 0 rings (SSSR count). The van der Waals surface area contributed by atoms with Crippen molar-refractivity contribution in [1.82, 2.24) is 4.90 Å². The molecule has 1 unspecified atom stereocenters. The SMILES string of the molecule is CCCN(CCC(C)C)C(C)CC. The summed E-state index contributed by atoms with van der Waals surface area (Å²) in [6.45, 7) is 14.0. The van der Waals surface area contributed by atoms with Crippen LogP contribution < -0.4 is 0 Å². The predicted octanol–water partition coefficient (Wildman–Crippen LogP) is 3.54. The van der Waals surface area contributed by atoms with Gasteiger partial charge < -0.3 is 4.90 Å². The van der Waals surface area contributed by atoms with Crippen molar-refractivity contribution in [2.45, 2.75) is 59.9 Å². The lowest BCUT2D eigenvalue weighted by Gasteiger charge is -2.28. The molecule has 0 aromatic rings. The first-order valence-electron chi connectivity index (χ1n) is 5.85. The maximum atomic E-state index is 2.62. The summed E-state index contributed by atoms with van der Waals surface area (Å²) in [6.07, 6.45) is 3.89. The second-order valence-corrected chi connectivity index (χ2v) is 4.48. The number of nitrogens with zero attached hydrogens (tertiary/aromatic N) is 1. The van der Waals surface area contributed by atoms with Gasteiger partial charge in [0.05, 0.1) is 0 Å². The summed E-state index contributed by atoms with van der Waals surface area (Å²) >= 11 is 0. The van der Waals surface area contributed by atoms with Crippen LogP contribution in [0.3, 0.4) is 0 Å². The molecule has 0 saturated heterocycles. The molecular weight excluding hydrogens is 158 g/mol. The topological polar surface area (TPSA) is 3.24 Å². The standard InChI is InChI=1S/C12H27N/c1-6-9-13(12(5)7-2)10-8-11(3)4/h11-12H,6-10H2,1-5H3. The number of hydrogen-bond donors (Lipinski definition) is 0. The number of hydrogen-bond acceptors (Lipinski definition) is 1. The van der Waals surface area contributed by atoms with Crippen molar-refractivity contribution >= 4 is 0 Å². The molecule has 0 spiro atoms.